The molecule has 0 unspecified atom stereocenters. The molecule has 3 aliphatic heterocycles. The summed E-state index contributed by atoms with van der Waals surface area (Å²) in [6.07, 6.45) is -0.602. The molecule has 2 atom stereocenters. The average molecular weight is 413 g/mol. The van der Waals surface area contributed by atoms with Gasteiger partial charge in [-0.1, -0.05) is 15.9 Å². The van der Waals surface area contributed by atoms with Gasteiger partial charge in [-0.3, -0.25) is 9.80 Å². The minimum absolute atomic E-state index is 0.463. The Hall–Kier alpha value is -0.700. The highest BCUT2D eigenvalue weighted by molar-refractivity contribution is 9.10. The lowest BCUT2D eigenvalue weighted by atomic mass is 9.83. The van der Waals surface area contributed by atoms with Gasteiger partial charge in [0.1, 0.15) is 18.5 Å². The maximum Gasteiger partial charge on any atom is 0.125 e. The van der Waals surface area contributed by atoms with Gasteiger partial charge < -0.3 is 19.3 Å². The Kier molecular flexibility index (Phi) is 5.31. The van der Waals surface area contributed by atoms with Crippen LogP contribution >= 0.6 is 15.9 Å². The zero-order valence-corrected chi connectivity index (χ0v) is 15.9. The summed E-state index contributed by atoms with van der Waals surface area (Å²) in [7, 11) is 0. The van der Waals surface area contributed by atoms with Gasteiger partial charge in [-0.25, -0.2) is 0 Å². The van der Waals surface area contributed by atoms with Crippen molar-refractivity contribution in [1.29, 1.82) is 0 Å². The summed E-state index contributed by atoms with van der Waals surface area (Å²) in [5.41, 5.74) is 0.398. The molecule has 0 radical (unpaired) electrons. The fourth-order valence-electron chi connectivity index (χ4n) is 4.09. The zero-order chi connectivity index (χ0) is 17.3. The monoisotopic (exact) mass is 412 g/mol. The predicted octanol–water partition coefficient (Wildman–Crippen LogP) is 1.28. The van der Waals surface area contributed by atoms with E-state index in [-0.39, 0.29) is 0 Å². The number of aliphatic hydroxyl groups excluding tert-OH is 1. The highest BCUT2D eigenvalue weighted by Crippen LogP contribution is 2.43. The molecule has 1 N–H and O–H groups in total. The van der Waals surface area contributed by atoms with Crippen molar-refractivity contribution >= 4 is 15.9 Å². The van der Waals surface area contributed by atoms with E-state index in [0.717, 1.165) is 61.7 Å². The minimum Gasteiger partial charge on any atom is -0.491 e. The smallest absolute Gasteiger partial charge is 0.125 e. The summed E-state index contributed by atoms with van der Waals surface area (Å²) in [6, 6.07) is 5.86. The van der Waals surface area contributed by atoms with Crippen LogP contribution < -0.4 is 4.74 Å². The summed E-state index contributed by atoms with van der Waals surface area (Å²) in [5.74, 6) is 0.779. The van der Waals surface area contributed by atoms with Gasteiger partial charge in [0.05, 0.1) is 32.0 Å². The third kappa shape index (κ3) is 3.46. The van der Waals surface area contributed by atoms with E-state index < -0.39 is 11.6 Å². The van der Waals surface area contributed by atoms with Crippen molar-refractivity contribution in [2.75, 3.05) is 65.8 Å². The van der Waals surface area contributed by atoms with Crippen LogP contribution in [0.1, 0.15) is 11.7 Å². The van der Waals surface area contributed by atoms with Crippen LogP contribution in [0.3, 0.4) is 0 Å². The standard InChI is InChI=1S/C18H25BrN2O4/c19-14-1-2-16-15(11-14)17(22)18(13-25-16,21-5-9-24-10-6-21)12-20-3-7-23-8-4-20/h1-2,11,17,22H,3-10,12-13H2/t17-,18+/m1/s1. The van der Waals surface area contributed by atoms with Crippen LogP contribution in [-0.4, -0.2) is 86.2 Å². The second kappa shape index (κ2) is 7.50. The molecule has 4 rings (SSSR count). The van der Waals surface area contributed by atoms with Gasteiger partial charge in [-0.15, -0.1) is 0 Å². The molecule has 2 saturated heterocycles. The van der Waals surface area contributed by atoms with Gasteiger partial charge in [-0.05, 0) is 18.2 Å². The molecule has 1 aromatic rings. The highest BCUT2D eigenvalue weighted by atomic mass is 79.9. The summed E-state index contributed by atoms with van der Waals surface area (Å²) >= 11 is 3.52. The van der Waals surface area contributed by atoms with E-state index in [0.29, 0.717) is 19.8 Å². The first-order chi connectivity index (χ1) is 12.2. The lowest BCUT2D eigenvalue weighted by Gasteiger charge is -2.52. The van der Waals surface area contributed by atoms with E-state index in [4.69, 9.17) is 14.2 Å². The number of hydrogen-bond donors (Lipinski definition) is 1. The maximum absolute atomic E-state index is 11.4. The van der Waals surface area contributed by atoms with Crippen LogP contribution in [0.4, 0.5) is 0 Å². The van der Waals surface area contributed by atoms with E-state index in [9.17, 15) is 5.11 Å². The van der Waals surface area contributed by atoms with E-state index in [1.54, 1.807) is 0 Å². The number of ether oxygens (including phenoxy) is 3. The first-order valence-corrected chi connectivity index (χ1v) is 9.71. The molecule has 6 nitrogen and oxygen atoms in total. The lowest BCUT2D eigenvalue weighted by Crippen LogP contribution is -2.66. The predicted molar refractivity (Wildman–Crippen MR) is 97.0 cm³/mol. The van der Waals surface area contributed by atoms with Crippen LogP contribution in [0.5, 0.6) is 5.75 Å². The molecule has 25 heavy (non-hydrogen) atoms. The van der Waals surface area contributed by atoms with Gasteiger partial charge in [0, 0.05) is 42.8 Å². The number of fused-ring (bicyclic) bond motifs is 1. The molecule has 3 aliphatic rings. The fourth-order valence-corrected chi connectivity index (χ4v) is 4.47. The number of morpholine rings is 2. The minimum atomic E-state index is -0.602. The quantitative estimate of drug-likeness (QED) is 0.806. The molecule has 0 aliphatic carbocycles. The van der Waals surface area contributed by atoms with Gasteiger partial charge >= 0.3 is 0 Å². The summed E-state index contributed by atoms with van der Waals surface area (Å²) in [4.78, 5) is 4.75. The second-order valence-corrected chi connectivity index (χ2v) is 7.88. The molecule has 0 aromatic heterocycles. The largest absolute Gasteiger partial charge is 0.491 e. The number of benzene rings is 1. The Bertz CT molecular complexity index is 605. The number of nitrogens with zero attached hydrogens (tertiary/aromatic N) is 2. The van der Waals surface area contributed by atoms with E-state index in [1.807, 2.05) is 18.2 Å². The molecule has 0 bridgehead atoms. The number of rotatable bonds is 3. The van der Waals surface area contributed by atoms with Crippen molar-refractivity contribution in [3.05, 3.63) is 28.2 Å². The van der Waals surface area contributed by atoms with E-state index >= 15 is 0 Å². The first kappa shape index (κ1) is 17.7. The molecule has 3 heterocycles. The molecule has 7 heteroatoms. The first-order valence-electron chi connectivity index (χ1n) is 8.92. The average Bonchev–Trinajstić information content (AvgIpc) is 2.66. The molecule has 0 amide bonds. The fraction of sp³-hybridized carbons (Fsp3) is 0.667. The van der Waals surface area contributed by atoms with Crippen LogP contribution in [0, 0.1) is 0 Å². The number of halogens is 1. The van der Waals surface area contributed by atoms with Gasteiger partial charge in [-0.2, -0.15) is 0 Å². The molecule has 0 spiro atoms. The van der Waals surface area contributed by atoms with Crippen molar-refractivity contribution in [2.45, 2.75) is 11.6 Å². The Balaban J connectivity index is 1.67. The van der Waals surface area contributed by atoms with Crippen LogP contribution in [0.2, 0.25) is 0 Å². The van der Waals surface area contributed by atoms with E-state index in [2.05, 4.69) is 25.7 Å². The van der Waals surface area contributed by atoms with Crippen molar-refractivity contribution in [2.24, 2.45) is 0 Å². The third-order valence-corrected chi connectivity index (χ3v) is 5.99. The van der Waals surface area contributed by atoms with Gasteiger partial charge in [0.2, 0.25) is 0 Å². The number of hydrogen-bond acceptors (Lipinski definition) is 6. The molecular formula is C18H25BrN2O4. The van der Waals surface area contributed by atoms with Crippen LogP contribution in [-0.2, 0) is 9.47 Å². The normalized spacial score (nSPS) is 31.4. The summed E-state index contributed by atoms with van der Waals surface area (Å²) < 4.78 is 18.1. The Morgan fingerprint density at radius 2 is 1.76 bits per heavy atom. The zero-order valence-electron chi connectivity index (χ0n) is 14.3. The molecule has 0 saturated carbocycles. The van der Waals surface area contributed by atoms with Crippen LogP contribution in [0.15, 0.2) is 22.7 Å². The van der Waals surface area contributed by atoms with Crippen molar-refractivity contribution in [1.82, 2.24) is 9.80 Å². The van der Waals surface area contributed by atoms with Gasteiger partial charge in [0.25, 0.3) is 0 Å². The summed E-state index contributed by atoms with van der Waals surface area (Å²) in [6.45, 7) is 7.56. The lowest BCUT2D eigenvalue weighted by molar-refractivity contribution is -0.125. The second-order valence-electron chi connectivity index (χ2n) is 6.96. The summed E-state index contributed by atoms with van der Waals surface area (Å²) in [5, 5.41) is 11.4. The highest BCUT2D eigenvalue weighted by Gasteiger charge is 2.50. The Morgan fingerprint density at radius 1 is 1.08 bits per heavy atom. The molecule has 138 valence electrons. The molecule has 1 aromatic carbocycles. The van der Waals surface area contributed by atoms with Crippen molar-refractivity contribution < 1.29 is 19.3 Å². The van der Waals surface area contributed by atoms with Gasteiger partial charge in [0.15, 0.2) is 0 Å². The van der Waals surface area contributed by atoms with Crippen molar-refractivity contribution in [3.63, 3.8) is 0 Å². The van der Waals surface area contributed by atoms with Crippen LogP contribution in [0.25, 0.3) is 0 Å². The number of aliphatic hydroxyl groups is 1. The molecule has 2 fully saturated rings. The SMILES string of the molecule is O[C@@H]1c2cc(Br)ccc2OC[C@]1(CN1CCOCC1)N1CCOCC1. The Labute approximate surface area is 156 Å². The van der Waals surface area contributed by atoms with E-state index in [1.165, 1.54) is 0 Å². The van der Waals surface area contributed by atoms with Crippen molar-refractivity contribution in [3.8, 4) is 5.75 Å². The topological polar surface area (TPSA) is 54.4 Å². The third-order valence-electron chi connectivity index (χ3n) is 5.50. The maximum atomic E-state index is 11.4. The molecular weight excluding hydrogens is 388 g/mol. The Morgan fingerprint density at radius 3 is 2.48 bits per heavy atom.